The van der Waals surface area contributed by atoms with Crippen molar-refractivity contribution in [2.45, 2.75) is 77.2 Å². The first kappa shape index (κ1) is 16.6. The van der Waals surface area contributed by atoms with Gasteiger partial charge in [0.2, 0.25) is 11.8 Å². The molecular formula is C15H29N3O2Si. The summed E-state index contributed by atoms with van der Waals surface area (Å²) in [5.41, 5.74) is 5.80. The number of hydrogen-bond acceptors (Lipinski definition) is 5. The molecule has 0 spiro atoms. The topological polar surface area (TPSA) is 74.2 Å². The predicted octanol–water partition coefficient (Wildman–Crippen LogP) is 3.43. The summed E-state index contributed by atoms with van der Waals surface area (Å²) in [6, 6.07) is 0.359. The van der Waals surface area contributed by atoms with Crippen LogP contribution in [0.5, 0.6) is 0 Å². The third kappa shape index (κ3) is 3.93. The van der Waals surface area contributed by atoms with Crippen molar-refractivity contribution in [2.24, 2.45) is 11.7 Å². The van der Waals surface area contributed by atoms with Gasteiger partial charge in [-0.1, -0.05) is 20.8 Å². The minimum atomic E-state index is -1.82. The molecule has 21 heavy (non-hydrogen) atoms. The van der Waals surface area contributed by atoms with Crippen LogP contribution in [-0.2, 0) is 10.8 Å². The van der Waals surface area contributed by atoms with Crippen LogP contribution < -0.4 is 5.73 Å². The van der Waals surface area contributed by atoms with Crippen molar-refractivity contribution in [3.8, 4) is 0 Å². The number of rotatable bonds is 5. The molecule has 1 atom stereocenters. The number of nitrogens with two attached hydrogens (primary N) is 1. The van der Waals surface area contributed by atoms with Gasteiger partial charge in [-0.05, 0) is 43.8 Å². The van der Waals surface area contributed by atoms with Crippen LogP contribution in [0, 0.1) is 5.92 Å². The summed E-state index contributed by atoms with van der Waals surface area (Å²) in [5, 5.41) is 8.49. The van der Waals surface area contributed by atoms with E-state index >= 15 is 0 Å². The largest absolute Gasteiger partial charge is 0.422 e. The maximum absolute atomic E-state index is 6.29. The van der Waals surface area contributed by atoms with Crippen LogP contribution in [0.2, 0.25) is 18.1 Å². The second-order valence-electron chi connectivity index (χ2n) is 7.86. The number of hydrogen-bond donors (Lipinski definition) is 1. The van der Waals surface area contributed by atoms with E-state index in [-0.39, 0.29) is 11.1 Å². The summed E-state index contributed by atoms with van der Waals surface area (Å²) in [5.74, 6) is 1.91. The molecule has 0 aliphatic heterocycles. The Morgan fingerprint density at radius 1 is 1.33 bits per heavy atom. The molecule has 0 aromatic carbocycles. The van der Waals surface area contributed by atoms with E-state index in [2.05, 4.69) is 44.1 Å². The minimum absolute atomic E-state index is 0.143. The summed E-state index contributed by atoms with van der Waals surface area (Å²) in [6.45, 7) is 13.1. The van der Waals surface area contributed by atoms with Gasteiger partial charge in [0.05, 0.1) is 0 Å². The highest BCUT2D eigenvalue weighted by Gasteiger charge is 2.39. The van der Waals surface area contributed by atoms with Crippen molar-refractivity contribution in [3.63, 3.8) is 0 Å². The average Bonchev–Trinajstić information content (AvgIpc) is 2.73. The highest BCUT2D eigenvalue weighted by Crippen LogP contribution is 2.39. The Balaban J connectivity index is 1.94. The van der Waals surface area contributed by atoms with Crippen LogP contribution in [0.25, 0.3) is 0 Å². The molecule has 0 radical (unpaired) electrons. The van der Waals surface area contributed by atoms with E-state index in [4.69, 9.17) is 14.6 Å². The van der Waals surface area contributed by atoms with Gasteiger partial charge < -0.3 is 14.6 Å². The lowest BCUT2D eigenvalue weighted by Gasteiger charge is -2.37. The van der Waals surface area contributed by atoms with Crippen LogP contribution in [0.3, 0.4) is 0 Å². The molecule has 1 aliphatic rings. The normalized spacial score (nSPS) is 24.7. The quantitative estimate of drug-likeness (QED) is 0.843. The smallest absolute Gasteiger partial charge is 0.243 e. The first-order valence-corrected chi connectivity index (χ1v) is 10.7. The van der Waals surface area contributed by atoms with E-state index in [9.17, 15) is 0 Å². The first-order valence-electron chi connectivity index (χ1n) is 7.84. The first-order chi connectivity index (χ1) is 9.58. The Kier molecular flexibility index (Phi) is 4.61. The highest BCUT2D eigenvalue weighted by molar-refractivity contribution is 6.74. The molecule has 1 aromatic rings. The highest BCUT2D eigenvalue weighted by atomic mass is 28.4. The third-order valence-corrected chi connectivity index (χ3v) is 9.40. The van der Waals surface area contributed by atoms with Crippen LogP contribution in [-0.4, -0.2) is 24.6 Å². The standard InChI is InChI=1S/C15H29N3O2Si/c1-10(20-21(5,6)15(2,3)4)14-18-17-13(19-14)9-11-7-12(16)8-11/h10-12H,7-9,16H2,1-6H3/t10-,11-,12-/m1/s1. The fraction of sp³-hybridized carbons (Fsp3) is 0.867. The SMILES string of the molecule is C[C@@H](O[Si](C)(C)C(C)(C)C)c1nnc(C[C@H]2C[C@H](N)C2)o1. The molecule has 0 unspecified atom stereocenters. The lowest BCUT2D eigenvalue weighted by molar-refractivity contribution is 0.164. The monoisotopic (exact) mass is 311 g/mol. The van der Waals surface area contributed by atoms with Gasteiger partial charge >= 0.3 is 0 Å². The van der Waals surface area contributed by atoms with E-state index in [1.54, 1.807) is 0 Å². The molecule has 1 fully saturated rings. The van der Waals surface area contributed by atoms with Gasteiger partial charge in [-0.25, -0.2) is 0 Å². The summed E-state index contributed by atoms with van der Waals surface area (Å²) in [6.07, 6.45) is 2.82. The maximum Gasteiger partial charge on any atom is 0.243 e. The van der Waals surface area contributed by atoms with Crippen molar-refractivity contribution in [2.75, 3.05) is 0 Å². The van der Waals surface area contributed by atoms with Crippen molar-refractivity contribution in [1.82, 2.24) is 10.2 Å². The van der Waals surface area contributed by atoms with Gasteiger partial charge in [0.1, 0.15) is 6.10 Å². The molecule has 6 heteroatoms. The van der Waals surface area contributed by atoms with Gasteiger partial charge in [0.25, 0.3) is 0 Å². The third-order valence-electron chi connectivity index (χ3n) is 4.84. The summed E-state index contributed by atoms with van der Waals surface area (Å²) in [4.78, 5) is 0. The van der Waals surface area contributed by atoms with E-state index < -0.39 is 8.32 Å². The van der Waals surface area contributed by atoms with Crippen LogP contribution in [0.4, 0.5) is 0 Å². The second kappa shape index (κ2) is 5.82. The predicted molar refractivity (Wildman–Crippen MR) is 85.4 cm³/mol. The fourth-order valence-corrected chi connectivity index (χ4v) is 3.72. The number of aromatic nitrogens is 2. The Morgan fingerprint density at radius 3 is 2.48 bits per heavy atom. The molecule has 0 amide bonds. The molecule has 0 bridgehead atoms. The molecule has 5 nitrogen and oxygen atoms in total. The maximum atomic E-state index is 6.29. The van der Waals surface area contributed by atoms with E-state index in [0.717, 1.165) is 19.3 Å². The molecule has 0 saturated heterocycles. The lowest BCUT2D eigenvalue weighted by atomic mass is 9.79. The molecule has 120 valence electrons. The second-order valence-corrected chi connectivity index (χ2v) is 12.6. The van der Waals surface area contributed by atoms with Crippen molar-refractivity contribution < 1.29 is 8.84 Å². The lowest BCUT2D eigenvalue weighted by Crippen LogP contribution is -2.41. The zero-order chi connectivity index (χ0) is 15.8. The fourth-order valence-electron chi connectivity index (χ4n) is 2.38. The van der Waals surface area contributed by atoms with E-state index in [1.165, 1.54) is 0 Å². The molecule has 2 rings (SSSR count). The molecule has 2 N–H and O–H groups in total. The van der Waals surface area contributed by atoms with Gasteiger partial charge in [0, 0.05) is 12.5 Å². The van der Waals surface area contributed by atoms with Crippen molar-refractivity contribution in [1.29, 1.82) is 0 Å². The van der Waals surface area contributed by atoms with Gasteiger partial charge in [-0.3, -0.25) is 0 Å². The Bertz CT molecular complexity index is 476. The minimum Gasteiger partial charge on any atom is -0.422 e. The average molecular weight is 312 g/mol. The summed E-state index contributed by atoms with van der Waals surface area (Å²) in [7, 11) is -1.82. The zero-order valence-electron chi connectivity index (χ0n) is 14.1. The molecule has 1 aliphatic carbocycles. The van der Waals surface area contributed by atoms with Crippen LogP contribution in [0.1, 0.15) is 58.4 Å². The van der Waals surface area contributed by atoms with Gasteiger partial charge in [-0.2, -0.15) is 0 Å². The van der Waals surface area contributed by atoms with Crippen molar-refractivity contribution >= 4 is 8.32 Å². The Hall–Kier alpha value is -0.723. The van der Waals surface area contributed by atoms with Crippen LogP contribution >= 0.6 is 0 Å². The van der Waals surface area contributed by atoms with E-state index in [0.29, 0.717) is 23.7 Å². The number of nitrogens with zero attached hydrogens (tertiary/aromatic N) is 2. The Labute approximate surface area is 128 Å². The summed E-state index contributed by atoms with van der Waals surface area (Å²) < 4.78 is 12.1. The zero-order valence-corrected chi connectivity index (χ0v) is 15.1. The van der Waals surface area contributed by atoms with Gasteiger partial charge in [0.15, 0.2) is 8.32 Å². The van der Waals surface area contributed by atoms with Crippen LogP contribution in [0.15, 0.2) is 4.42 Å². The molecule has 1 heterocycles. The molecule has 1 aromatic heterocycles. The Morgan fingerprint density at radius 2 is 1.95 bits per heavy atom. The van der Waals surface area contributed by atoms with Gasteiger partial charge in [-0.15, -0.1) is 10.2 Å². The molecule has 1 saturated carbocycles. The molecular weight excluding hydrogens is 282 g/mol. The van der Waals surface area contributed by atoms with Crippen molar-refractivity contribution in [3.05, 3.63) is 11.8 Å². The van der Waals surface area contributed by atoms with E-state index in [1.807, 2.05) is 6.92 Å². The summed E-state index contributed by atoms with van der Waals surface area (Å²) >= 11 is 0.